The Balaban J connectivity index is 1.72. The van der Waals surface area contributed by atoms with Crippen LogP contribution in [0.4, 0.5) is 5.69 Å². The van der Waals surface area contributed by atoms with Crippen molar-refractivity contribution in [3.05, 3.63) is 64.2 Å². The quantitative estimate of drug-likeness (QED) is 0.635. The van der Waals surface area contributed by atoms with Gasteiger partial charge in [0.05, 0.1) is 25.1 Å². The molecule has 0 saturated carbocycles. The first-order valence-corrected chi connectivity index (χ1v) is 10.9. The molecule has 160 valence electrons. The summed E-state index contributed by atoms with van der Waals surface area (Å²) >= 11 is 6.31. The Bertz CT molecular complexity index is 877. The second kappa shape index (κ2) is 10.5. The summed E-state index contributed by atoms with van der Waals surface area (Å²) in [7, 11) is 1.35. The van der Waals surface area contributed by atoms with E-state index in [1.54, 1.807) is 24.3 Å². The van der Waals surface area contributed by atoms with E-state index in [9.17, 15) is 9.59 Å². The molecule has 1 atom stereocenters. The molecule has 0 radical (unpaired) electrons. The maximum Gasteiger partial charge on any atom is 0.337 e. The highest BCUT2D eigenvalue weighted by atomic mass is 35.5. The number of carbonyl (C=O) groups excluding carboxylic acids is 2. The minimum Gasteiger partial charge on any atom is -0.465 e. The molecule has 1 aliphatic heterocycles. The zero-order valence-corrected chi connectivity index (χ0v) is 18.4. The van der Waals surface area contributed by atoms with Crippen molar-refractivity contribution in [2.75, 3.05) is 25.1 Å². The monoisotopic (exact) mass is 428 g/mol. The van der Waals surface area contributed by atoms with Gasteiger partial charge in [0.1, 0.15) is 0 Å². The molecule has 0 aromatic heterocycles. The maximum atomic E-state index is 12.8. The molecule has 0 bridgehead atoms. The SMILES string of the molecule is CCC(NC(=O)Cc1ccc(C(=O)OC)cc1)c1cc(Cl)ccc1N1CCCCC1. The van der Waals surface area contributed by atoms with E-state index in [1.807, 2.05) is 12.1 Å². The minimum atomic E-state index is -0.386. The van der Waals surface area contributed by atoms with Gasteiger partial charge in [-0.3, -0.25) is 4.79 Å². The summed E-state index contributed by atoms with van der Waals surface area (Å²) in [5.41, 5.74) is 3.55. The van der Waals surface area contributed by atoms with Crippen LogP contribution >= 0.6 is 11.6 Å². The van der Waals surface area contributed by atoms with Gasteiger partial charge in [0.15, 0.2) is 0 Å². The molecule has 0 spiro atoms. The van der Waals surface area contributed by atoms with E-state index in [-0.39, 0.29) is 24.3 Å². The first kappa shape index (κ1) is 22.2. The summed E-state index contributed by atoms with van der Waals surface area (Å²) in [6.07, 6.45) is 4.66. The molecule has 6 heteroatoms. The van der Waals surface area contributed by atoms with Crippen molar-refractivity contribution >= 4 is 29.2 Å². The molecule has 1 amide bonds. The van der Waals surface area contributed by atoms with Gasteiger partial charge < -0.3 is 15.0 Å². The lowest BCUT2D eigenvalue weighted by Crippen LogP contribution is -2.34. The zero-order chi connectivity index (χ0) is 21.5. The number of halogens is 1. The van der Waals surface area contributed by atoms with Crippen LogP contribution in [0, 0.1) is 0 Å². The highest BCUT2D eigenvalue weighted by Crippen LogP contribution is 2.32. The predicted octanol–water partition coefficient (Wildman–Crippen LogP) is 4.93. The van der Waals surface area contributed by atoms with Gasteiger partial charge in [0.2, 0.25) is 5.91 Å². The largest absolute Gasteiger partial charge is 0.465 e. The third-order valence-corrected chi connectivity index (χ3v) is 5.78. The molecule has 1 fully saturated rings. The molecule has 1 aliphatic rings. The Kier molecular flexibility index (Phi) is 7.75. The van der Waals surface area contributed by atoms with Crippen LogP contribution < -0.4 is 10.2 Å². The second-order valence-electron chi connectivity index (χ2n) is 7.64. The van der Waals surface area contributed by atoms with Crippen molar-refractivity contribution in [1.29, 1.82) is 0 Å². The third-order valence-electron chi connectivity index (χ3n) is 5.54. The Morgan fingerprint density at radius 1 is 1.10 bits per heavy atom. The van der Waals surface area contributed by atoms with Crippen LogP contribution in [0.5, 0.6) is 0 Å². The fourth-order valence-electron chi connectivity index (χ4n) is 3.93. The highest BCUT2D eigenvalue weighted by Gasteiger charge is 2.21. The average Bonchev–Trinajstić information content (AvgIpc) is 2.78. The van der Waals surface area contributed by atoms with Gasteiger partial charge in [-0.2, -0.15) is 0 Å². The molecular formula is C24H29ClN2O3. The lowest BCUT2D eigenvalue weighted by molar-refractivity contribution is -0.121. The van der Waals surface area contributed by atoms with Gasteiger partial charge in [-0.05, 0) is 67.1 Å². The number of ether oxygens (including phenoxy) is 1. The zero-order valence-electron chi connectivity index (χ0n) is 17.6. The van der Waals surface area contributed by atoms with Crippen molar-refractivity contribution in [2.24, 2.45) is 0 Å². The number of anilines is 1. The average molecular weight is 429 g/mol. The van der Waals surface area contributed by atoms with Crippen LogP contribution in [0.1, 0.15) is 60.1 Å². The number of piperidine rings is 1. The summed E-state index contributed by atoms with van der Waals surface area (Å²) in [6.45, 7) is 4.13. The maximum absolute atomic E-state index is 12.8. The molecule has 1 unspecified atom stereocenters. The summed E-state index contributed by atoms with van der Waals surface area (Å²) in [5, 5.41) is 3.85. The van der Waals surface area contributed by atoms with E-state index in [1.165, 1.54) is 26.4 Å². The van der Waals surface area contributed by atoms with Gasteiger partial charge in [-0.25, -0.2) is 4.79 Å². The van der Waals surface area contributed by atoms with Crippen LogP contribution in [-0.2, 0) is 16.0 Å². The van der Waals surface area contributed by atoms with Gasteiger partial charge in [0.25, 0.3) is 0 Å². The van der Waals surface area contributed by atoms with E-state index in [4.69, 9.17) is 16.3 Å². The second-order valence-corrected chi connectivity index (χ2v) is 8.08. The van der Waals surface area contributed by atoms with E-state index < -0.39 is 0 Å². The van der Waals surface area contributed by atoms with Crippen LogP contribution in [-0.4, -0.2) is 32.1 Å². The molecule has 1 saturated heterocycles. The lowest BCUT2D eigenvalue weighted by atomic mass is 9.99. The van der Waals surface area contributed by atoms with Crippen LogP contribution in [0.15, 0.2) is 42.5 Å². The number of benzene rings is 2. The Morgan fingerprint density at radius 2 is 1.80 bits per heavy atom. The van der Waals surface area contributed by atoms with E-state index in [0.717, 1.165) is 36.3 Å². The topological polar surface area (TPSA) is 58.6 Å². The van der Waals surface area contributed by atoms with Crippen molar-refractivity contribution < 1.29 is 14.3 Å². The fourth-order valence-corrected chi connectivity index (χ4v) is 4.11. The molecular weight excluding hydrogens is 400 g/mol. The Labute approximate surface area is 183 Å². The first-order chi connectivity index (χ1) is 14.5. The normalized spacial score (nSPS) is 14.8. The van der Waals surface area contributed by atoms with E-state index in [0.29, 0.717) is 10.6 Å². The summed E-state index contributed by atoms with van der Waals surface area (Å²) < 4.78 is 4.71. The molecule has 5 nitrogen and oxygen atoms in total. The van der Waals surface area contributed by atoms with Gasteiger partial charge in [-0.1, -0.05) is 30.7 Å². The number of nitrogens with one attached hydrogen (secondary N) is 1. The number of hydrogen-bond donors (Lipinski definition) is 1. The summed E-state index contributed by atoms with van der Waals surface area (Å²) in [5.74, 6) is -0.444. The fraction of sp³-hybridized carbons (Fsp3) is 0.417. The van der Waals surface area contributed by atoms with Crippen molar-refractivity contribution in [3.8, 4) is 0 Å². The molecule has 0 aliphatic carbocycles. The van der Waals surface area contributed by atoms with Crippen molar-refractivity contribution in [2.45, 2.75) is 45.1 Å². The Hall–Kier alpha value is -2.53. The number of rotatable bonds is 7. The third kappa shape index (κ3) is 5.54. The van der Waals surface area contributed by atoms with E-state index in [2.05, 4.69) is 23.2 Å². The van der Waals surface area contributed by atoms with Gasteiger partial charge in [0, 0.05) is 23.8 Å². The summed E-state index contributed by atoms with van der Waals surface area (Å²) in [4.78, 5) is 26.7. The smallest absolute Gasteiger partial charge is 0.337 e. The predicted molar refractivity (Wildman–Crippen MR) is 120 cm³/mol. The number of hydrogen-bond acceptors (Lipinski definition) is 4. The first-order valence-electron chi connectivity index (χ1n) is 10.5. The molecule has 2 aromatic rings. The van der Waals surface area contributed by atoms with Crippen LogP contribution in [0.25, 0.3) is 0 Å². The number of nitrogens with zero attached hydrogens (tertiary/aromatic N) is 1. The number of esters is 1. The number of amides is 1. The number of methoxy groups -OCH3 is 1. The molecule has 2 aromatic carbocycles. The van der Waals surface area contributed by atoms with Crippen molar-refractivity contribution in [1.82, 2.24) is 5.32 Å². The van der Waals surface area contributed by atoms with Gasteiger partial charge in [-0.15, -0.1) is 0 Å². The number of carbonyl (C=O) groups is 2. The highest BCUT2D eigenvalue weighted by molar-refractivity contribution is 6.30. The molecule has 1 heterocycles. The summed E-state index contributed by atoms with van der Waals surface area (Å²) in [6, 6.07) is 12.8. The Morgan fingerprint density at radius 3 is 2.43 bits per heavy atom. The molecule has 1 N–H and O–H groups in total. The standard InChI is InChI=1S/C24H29ClN2O3/c1-3-21(20-16-19(25)11-12-22(20)27-13-5-4-6-14-27)26-23(28)15-17-7-9-18(10-8-17)24(29)30-2/h7-12,16,21H,3-6,13-15H2,1-2H3,(H,26,28). The molecule has 30 heavy (non-hydrogen) atoms. The van der Waals surface area contributed by atoms with E-state index >= 15 is 0 Å². The lowest BCUT2D eigenvalue weighted by Gasteiger charge is -2.32. The minimum absolute atomic E-state index is 0.0581. The van der Waals surface area contributed by atoms with Crippen molar-refractivity contribution in [3.63, 3.8) is 0 Å². The van der Waals surface area contributed by atoms with Gasteiger partial charge >= 0.3 is 5.97 Å². The van der Waals surface area contributed by atoms with Crippen LogP contribution in [0.2, 0.25) is 5.02 Å². The molecule has 3 rings (SSSR count). The van der Waals surface area contributed by atoms with Crippen LogP contribution in [0.3, 0.4) is 0 Å².